The molecule has 3 aliphatic carbocycles. The highest BCUT2D eigenvalue weighted by atomic mass is 19.1. The molecule has 119 heavy (non-hydrogen) atoms. The first-order valence-electron chi connectivity index (χ1n) is 41.9. The van der Waals surface area contributed by atoms with Crippen LogP contribution in [0.1, 0.15) is 240 Å². The molecular weight excluding hydrogens is 1520 g/mol. The number of fused-ring (bicyclic) bond motifs is 3. The van der Waals surface area contributed by atoms with Gasteiger partial charge in [0.15, 0.2) is 45.1 Å². The van der Waals surface area contributed by atoms with Crippen LogP contribution in [0.15, 0.2) is 104 Å². The third-order valence-corrected chi connectivity index (χ3v) is 19.9. The van der Waals surface area contributed by atoms with Crippen LogP contribution in [0.3, 0.4) is 0 Å². The first-order valence-corrected chi connectivity index (χ1v) is 41.9. The fourth-order valence-electron chi connectivity index (χ4n) is 14.2. The van der Waals surface area contributed by atoms with E-state index >= 15 is 0 Å². The molecule has 3 amide bonds. The second-order valence-corrected chi connectivity index (χ2v) is 33.0. The van der Waals surface area contributed by atoms with E-state index in [0.29, 0.717) is 64.6 Å². The third kappa shape index (κ3) is 26.3. The molecule has 0 bridgehead atoms. The van der Waals surface area contributed by atoms with Crippen molar-refractivity contribution in [3.8, 4) is 11.6 Å². The number of hydrogen-bond acceptors (Lipinski definition) is 24. The molecular formula is C88H118FN17O13. The van der Waals surface area contributed by atoms with Crippen molar-refractivity contribution in [2.75, 3.05) is 58.2 Å². The van der Waals surface area contributed by atoms with E-state index < -0.39 is 52.8 Å². The predicted molar refractivity (Wildman–Crippen MR) is 454 cm³/mol. The fourth-order valence-corrected chi connectivity index (χ4v) is 14.2. The number of halogens is 1. The van der Waals surface area contributed by atoms with Crippen molar-refractivity contribution < 1.29 is 66.3 Å². The van der Waals surface area contributed by atoms with Gasteiger partial charge in [0.25, 0.3) is 5.88 Å². The van der Waals surface area contributed by atoms with E-state index in [1.165, 1.54) is 138 Å². The Kier molecular flexibility index (Phi) is 32.0. The largest absolute Gasteiger partial charge is 0.465 e. The maximum atomic E-state index is 13.7. The van der Waals surface area contributed by atoms with Crippen molar-refractivity contribution in [3.05, 3.63) is 133 Å². The van der Waals surface area contributed by atoms with E-state index in [4.69, 9.17) is 43.1 Å². The number of unbranched alkanes of at least 4 members (excludes halogenated alkanes) is 2. The Bertz CT molecular complexity index is 4860. The van der Waals surface area contributed by atoms with Gasteiger partial charge in [-0.3, -0.25) is 14.4 Å². The molecule has 3 aliphatic rings. The van der Waals surface area contributed by atoms with E-state index in [0.717, 1.165) is 56.1 Å². The molecule has 0 aliphatic heterocycles. The second kappa shape index (κ2) is 42.3. The number of nitrogens with zero attached hydrogens (tertiary/aromatic N) is 15. The van der Waals surface area contributed by atoms with Crippen LogP contribution >= 0.6 is 0 Å². The topological polar surface area (TPSA) is 332 Å². The summed E-state index contributed by atoms with van der Waals surface area (Å²) in [5.74, 6) is 1.16. The Hall–Kier alpha value is -11.4. The molecule has 30 nitrogen and oxygen atoms in total. The van der Waals surface area contributed by atoms with E-state index in [9.17, 15) is 33.2 Å². The molecule has 2 N–H and O–H groups in total. The average molecular weight is 1640 g/mol. The lowest BCUT2D eigenvalue weighted by atomic mass is 9.84. The lowest BCUT2D eigenvalue weighted by Gasteiger charge is -2.27. The van der Waals surface area contributed by atoms with Crippen LogP contribution in [0.25, 0.3) is 33.5 Å². The lowest BCUT2D eigenvalue weighted by Crippen LogP contribution is -2.38. The zero-order valence-corrected chi connectivity index (χ0v) is 71.4. The van der Waals surface area contributed by atoms with E-state index in [1.807, 2.05) is 53.7 Å². The first kappa shape index (κ1) is 89.9. The summed E-state index contributed by atoms with van der Waals surface area (Å²) in [6, 6.07) is 22.5. The summed E-state index contributed by atoms with van der Waals surface area (Å²) < 4.78 is 56.9. The van der Waals surface area contributed by atoms with Crippen LogP contribution in [0.5, 0.6) is 11.6 Å². The highest BCUT2D eigenvalue weighted by molar-refractivity contribution is 5.93. The van der Waals surface area contributed by atoms with Gasteiger partial charge in [-0.1, -0.05) is 132 Å². The second-order valence-electron chi connectivity index (χ2n) is 33.0. The summed E-state index contributed by atoms with van der Waals surface area (Å²) in [5.41, 5.74) is 4.72. The van der Waals surface area contributed by atoms with Gasteiger partial charge >= 0.3 is 36.2 Å². The molecule has 0 saturated heterocycles. The molecule has 9 aromatic rings. The Morgan fingerprint density at radius 3 is 1.29 bits per heavy atom. The summed E-state index contributed by atoms with van der Waals surface area (Å²) in [6.07, 6.45) is 25.3. The van der Waals surface area contributed by atoms with Gasteiger partial charge in [-0.25, -0.2) is 48.4 Å². The molecule has 3 saturated carbocycles. The van der Waals surface area contributed by atoms with Crippen molar-refractivity contribution in [3.63, 3.8) is 0 Å². The van der Waals surface area contributed by atoms with Gasteiger partial charge in [0, 0.05) is 19.1 Å². The molecule has 0 spiro atoms. The number of imidazole rings is 3. The van der Waals surface area contributed by atoms with Gasteiger partial charge in [-0.05, 0) is 186 Å². The number of ether oxygens (including phenoxy) is 7. The number of esters is 3. The van der Waals surface area contributed by atoms with E-state index in [1.54, 1.807) is 63.1 Å². The van der Waals surface area contributed by atoms with E-state index in [-0.39, 0.29) is 99.4 Å². The van der Waals surface area contributed by atoms with Crippen LogP contribution in [0.2, 0.25) is 0 Å². The number of aromatic nitrogens is 12. The van der Waals surface area contributed by atoms with Crippen molar-refractivity contribution in [1.29, 1.82) is 0 Å². The number of carbonyl (C=O) groups excluding carboxylic acids is 6. The molecule has 3 fully saturated rings. The molecule has 12 rings (SSSR count). The molecule has 3 aromatic carbocycles. The van der Waals surface area contributed by atoms with Crippen molar-refractivity contribution in [1.82, 2.24) is 58.6 Å². The standard InChI is InChI=1S/C33H38FN5O5.C33H46N6O4.C22H34N6O4/c1-5-42-27(40)20-38-21-35-28-29(38)36-31(37-30(28)43-26-17-15-25(34)16-18-26)39(32(41)44-33(2,3)4)19-22-11-13-24(14-12-22)23-9-7-6-8-10-23;1-5-42-27(40)21-38-22-34-28-29(35-26-14-10-7-11-15-26)36-31(37-30(28)38)39(32(41)43-33(2,3)4)20-23-16-18-25(19-17-23)24-12-8-6-9-13-24;1-7-10-11-13-28(21(30)32-22(4,5)6)20-25-18(23-12-8-2)17-19(26-20)27(15-24-17)14-16(29)31-9-3/h11-18,21,23H,5-10,19-20H2,1-4H3;16-19,22,24,26H,5-15,20-21H2,1-4H3,(H,35,36,37);8,15H,2,7,9-14H2,1,3-6H3,(H,23,25,26). The molecule has 6 aromatic heterocycles. The Balaban J connectivity index is 0.000000191. The average Bonchev–Trinajstić information content (AvgIpc) is 1.68. The van der Waals surface area contributed by atoms with Gasteiger partial charge in [0.1, 0.15) is 48.0 Å². The summed E-state index contributed by atoms with van der Waals surface area (Å²) in [7, 11) is 0. The number of carbonyl (C=O) groups is 6. The third-order valence-electron chi connectivity index (χ3n) is 19.9. The summed E-state index contributed by atoms with van der Waals surface area (Å²) >= 11 is 0. The smallest absolute Gasteiger partial charge is 0.417 e. The molecule has 0 unspecified atom stereocenters. The SMILES string of the molecule is C=CCNc1nc(N(CCCCC)C(=O)OC(C)(C)C)nc2c1ncn2CC(=O)OCC.CCOC(=O)Cn1cnc2c(NC3CCCCC3)nc(N(Cc3ccc(C4CCCCC4)cc3)C(=O)OC(C)(C)C)nc21.CCOC(=O)Cn1cnc2c(Oc3ccc(F)cc3)nc(N(Cc3ccc(C4CCCCC4)cc3)C(=O)OC(C)(C)C)nc21. The van der Waals surface area contributed by atoms with Crippen molar-refractivity contribution in [2.24, 2.45) is 0 Å². The molecule has 0 radical (unpaired) electrons. The van der Waals surface area contributed by atoms with Crippen molar-refractivity contribution in [2.45, 2.75) is 273 Å². The Morgan fingerprint density at radius 2 is 0.866 bits per heavy atom. The van der Waals surface area contributed by atoms with Crippen LogP contribution in [0, 0.1) is 5.82 Å². The molecule has 0 atom stereocenters. The van der Waals surface area contributed by atoms with Crippen molar-refractivity contribution >= 4 is 99.2 Å². The number of amides is 3. The normalized spacial score (nSPS) is 14.2. The minimum absolute atomic E-state index is 0.00849. The first-order chi connectivity index (χ1) is 57.0. The minimum atomic E-state index is -0.788. The van der Waals surface area contributed by atoms with Crippen LogP contribution in [0.4, 0.5) is 48.3 Å². The van der Waals surface area contributed by atoms with Gasteiger partial charge in [-0.2, -0.15) is 29.9 Å². The Labute approximate surface area is 696 Å². The number of rotatable bonds is 29. The van der Waals surface area contributed by atoms with E-state index in [2.05, 4.69) is 95.4 Å². The minimum Gasteiger partial charge on any atom is -0.465 e. The summed E-state index contributed by atoms with van der Waals surface area (Å²) in [4.78, 5) is 123. The molecule has 6 heterocycles. The van der Waals surface area contributed by atoms with Crippen LogP contribution in [-0.2, 0) is 75.5 Å². The fraction of sp³-hybridized carbons (Fsp3) is 0.534. The number of anilines is 5. The highest BCUT2D eigenvalue weighted by Gasteiger charge is 2.33. The maximum absolute atomic E-state index is 13.7. The monoisotopic (exact) mass is 1640 g/mol. The maximum Gasteiger partial charge on any atom is 0.417 e. The van der Waals surface area contributed by atoms with Gasteiger partial charge in [-0.15, -0.1) is 6.58 Å². The predicted octanol–water partition coefficient (Wildman–Crippen LogP) is 18.4. The van der Waals surface area contributed by atoms with Crippen LogP contribution in [-0.4, -0.2) is 150 Å². The van der Waals surface area contributed by atoms with Gasteiger partial charge in [0.05, 0.1) is 51.9 Å². The molecule has 640 valence electrons. The summed E-state index contributed by atoms with van der Waals surface area (Å²) in [6.45, 7) is 29.1. The summed E-state index contributed by atoms with van der Waals surface area (Å²) in [5, 5.41) is 6.72. The number of hydrogen-bond donors (Lipinski definition) is 2. The number of benzene rings is 3. The number of nitrogens with one attached hydrogen (secondary N) is 2. The Morgan fingerprint density at radius 1 is 0.479 bits per heavy atom. The highest BCUT2D eigenvalue weighted by Crippen LogP contribution is 2.37. The van der Waals surface area contributed by atoms with Gasteiger partial charge < -0.3 is 57.5 Å². The quantitative estimate of drug-likeness (QED) is 0.0190. The molecule has 31 heteroatoms. The lowest BCUT2D eigenvalue weighted by molar-refractivity contribution is -0.144. The zero-order valence-electron chi connectivity index (χ0n) is 71.4. The van der Waals surface area contributed by atoms with Crippen LogP contribution < -0.4 is 30.1 Å². The van der Waals surface area contributed by atoms with Gasteiger partial charge in [0.2, 0.25) is 17.8 Å². The zero-order chi connectivity index (χ0) is 85.4.